The first-order chi connectivity index (χ1) is 13.6. The van der Waals surface area contributed by atoms with Crippen molar-refractivity contribution in [1.82, 2.24) is 14.5 Å². The third-order valence-electron chi connectivity index (χ3n) is 5.30. The quantitative estimate of drug-likeness (QED) is 0.648. The number of quaternary nitrogens is 1. The van der Waals surface area contributed by atoms with Gasteiger partial charge in [0.25, 0.3) is 5.56 Å². The van der Waals surface area contributed by atoms with Crippen LogP contribution in [0, 0.1) is 4.77 Å². The van der Waals surface area contributed by atoms with Crippen molar-refractivity contribution in [3.63, 3.8) is 0 Å². The Labute approximate surface area is 168 Å². The zero-order chi connectivity index (χ0) is 19.5. The van der Waals surface area contributed by atoms with Crippen molar-refractivity contribution < 1.29 is 9.69 Å². The lowest BCUT2D eigenvalue weighted by Gasteiger charge is -2.32. The number of benzene rings is 2. The van der Waals surface area contributed by atoms with Crippen LogP contribution in [0.15, 0.2) is 59.4 Å². The summed E-state index contributed by atoms with van der Waals surface area (Å²) in [6.45, 7) is 4.14. The molecule has 2 heterocycles. The van der Waals surface area contributed by atoms with Crippen molar-refractivity contribution in [3.05, 3.63) is 75.3 Å². The molecular weight excluding hydrogens is 372 g/mol. The van der Waals surface area contributed by atoms with Crippen LogP contribution in [0.25, 0.3) is 10.9 Å². The van der Waals surface area contributed by atoms with E-state index in [-0.39, 0.29) is 22.8 Å². The number of rotatable bonds is 4. The predicted octanol–water partition coefficient (Wildman–Crippen LogP) is 0.986. The average molecular weight is 396 g/mol. The van der Waals surface area contributed by atoms with Crippen LogP contribution in [0.4, 0.5) is 0 Å². The lowest BCUT2D eigenvalue weighted by molar-refractivity contribution is -0.917. The molecule has 1 aliphatic heterocycles. The standard InChI is InChI=1S/C21H22N4O2S/c26-19(15-25-20(27)17-8-4-5-9-18(17)22-21(25)28)24-12-10-23(11-13-24)14-16-6-2-1-3-7-16/h1-9H,10-15H2,(H,22,28)/p+1. The third kappa shape index (κ3) is 3.90. The number of piperazine rings is 1. The van der Waals surface area contributed by atoms with Gasteiger partial charge in [-0.3, -0.25) is 14.2 Å². The summed E-state index contributed by atoms with van der Waals surface area (Å²) >= 11 is 5.31. The maximum absolute atomic E-state index is 12.8. The number of carbonyl (C=O) groups excluding carboxylic acids is 1. The van der Waals surface area contributed by atoms with Crippen molar-refractivity contribution in [2.75, 3.05) is 26.2 Å². The highest BCUT2D eigenvalue weighted by molar-refractivity contribution is 7.71. The fraction of sp³-hybridized carbons (Fsp3) is 0.286. The summed E-state index contributed by atoms with van der Waals surface area (Å²) in [4.78, 5) is 31.8. The minimum atomic E-state index is -0.221. The molecule has 28 heavy (non-hydrogen) atoms. The summed E-state index contributed by atoms with van der Waals surface area (Å²) in [5.41, 5.74) is 1.78. The van der Waals surface area contributed by atoms with Gasteiger partial charge in [-0.25, -0.2) is 0 Å². The van der Waals surface area contributed by atoms with Crippen LogP contribution in [0.1, 0.15) is 5.56 Å². The molecule has 2 N–H and O–H groups in total. The molecule has 1 saturated heterocycles. The van der Waals surface area contributed by atoms with Crippen LogP contribution in [-0.4, -0.2) is 46.5 Å². The van der Waals surface area contributed by atoms with Gasteiger partial charge < -0.3 is 14.8 Å². The van der Waals surface area contributed by atoms with Crippen LogP contribution in [0.3, 0.4) is 0 Å². The molecule has 0 saturated carbocycles. The maximum Gasteiger partial charge on any atom is 0.262 e. The summed E-state index contributed by atoms with van der Waals surface area (Å²) in [6.07, 6.45) is 0. The first-order valence-electron chi connectivity index (χ1n) is 9.49. The van der Waals surface area contributed by atoms with Gasteiger partial charge in [-0.1, -0.05) is 42.5 Å². The summed E-state index contributed by atoms with van der Waals surface area (Å²) in [7, 11) is 0. The van der Waals surface area contributed by atoms with Gasteiger partial charge >= 0.3 is 0 Å². The van der Waals surface area contributed by atoms with E-state index in [0.29, 0.717) is 24.0 Å². The SMILES string of the molecule is O=C(Cn1c(=S)[nH]c2ccccc2c1=O)N1CC[NH+](Cc2ccccc2)CC1. The smallest absolute Gasteiger partial charge is 0.262 e. The Bertz CT molecular complexity index is 1100. The van der Waals surface area contributed by atoms with Crippen LogP contribution >= 0.6 is 12.2 Å². The van der Waals surface area contributed by atoms with Gasteiger partial charge in [-0.2, -0.15) is 0 Å². The maximum atomic E-state index is 12.8. The van der Waals surface area contributed by atoms with Gasteiger partial charge in [0.15, 0.2) is 4.77 Å². The van der Waals surface area contributed by atoms with E-state index in [0.717, 1.165) is 19.6 Å². The molecule has 6 nitrogen and oxygen atoms in total. The number of nitrogens with one attached hydrogen (secondary N) is 2. The Morgan fingerprint density at radius 2 is 1.71 bits per heavy atom. The van der Waals surface area contributed by atoms with E-state index in [1.807, 2.05) is 29.2 Å². The molecular formula is C21H23N4O2S+. The molecule has 1 aromatic heterocycles. The van der Waals surface area contributed by atoms with Gasteiger partial charge in [0.1, 0.15) is 13.1 Å². The average Bonchev–Trinajstić information content (AvgIpc) is 2.72. The van der Waals surface area contributed by atoms with Crippen LogP contribution in [-0.2, 0) is 17.9 Å². The van der Waals surface area contributed by atoms with E-state index in [1.165, 1.54) is 15.0 Å². The first-order valence-corrected chi connectivity index (χ1v) is 9.90. The van der Waals surface area contributed by atoms with Crippen molar-refractivity contribution in [3.8, 4) is 0 Å². The number of carbonyl (C=O) groups is 1. The third-order valence-corrected chi connectivity index (χ3v) is 5.63. The Hall–Kier alpha value is -2.77. The molecule has 0 unspecified atom stereocenters. The molecule has 1 aliphatic rings. The van der Waals surface area contributed by atoms with Crippen LogP contribution in [0.5, 0.6) is 0 Å². The Morgan fingerprint density at radius 3 is 2.46 bits per heavy atom. The van der Waals surface area contributed by atoms with E-state index < -0.39 is 0 Å². The van der Waals surface area contributed by atoms with E-state index in [1.54, 1.807) is 6.07 Å². The Kier molecular flexibility index (Phi) is 5.36. The van der Waals surface area contributed by atoms with Crippen molar-refractivity contribution in [2.24, 2.45) is 0 Å². The molecule has 2 aromatic carbocycles. The predicted molar refractivity (Wildman–Crippen MR) is 111 cm³/mol. The number of aromatic nitrogens is 2. The second-order valence-electron chi connectivity index (χ2n) is 7.16. The van der Waals surface area contributed by atoms with Crippen molar-refractivity contribution in [1.29, 1.82) is 0 Å². The normalized spacial score (nSPS) is 15.1. The van der Waals surface area contributed by atoms with E-state index in [9.17, 15) is 9.59 Å². The molecule has 3 aromatic rings. The lowest BCUT2D eigenvalue weighted by Crippen LogP contribution is -3.13. The van der Waals surface area contributed by atoms with E-state index in [2.05, 4.69) is 29.2 Å². The molecule has 7 heteroatoms. The number of para-hydroxylation sites is 1. The number of H-pyrrole nitrogens is 1. The van der Waals surface area contributed by atoms with Crippen molar-refractivity contribution in [2.45, 2.75) is 13.1 Å². The second kappa shape index (κ2) is 8.08. The van der Waals surface area contributed by atoms with Crippen LogP contribution in [0.2, 0.25) is 0 Å². The van der Waals surface area contributed by atoms with Gasteiger partial charge in [-0.05, 0) is 24.4 Å². The van der Waals surface area contributed by atoms with E-state index >= 15 is 0 Å². The zero-order valence-corrected chi connectivity index (χ0v) is 16.4. The summed E-state index contributed by atoms with van der Waals surface area (Å²) in [5.74, 6) is -0.0596. The Balaban J connectivity index is 1.42. The van der Waals surface area contributed by atoms with Gasteiger partial charge in [0, 0.05) is 5.56 Å². The Morgan fingerprint density at radius 1 is 1.04 bits per heavy atom. The summed E-state index contributed by atoms with van der Waals surface area (Å²) < 4.78 is 1.65. The summed E-state index contributed by atoms with van der Waals surface area (Å²) in [6, 6.07) is 17.6. The number of aromatic amines is 1. The minimum absolute atomic E-state index is 0.0208. The number of amides is 1. The fourth-order valence-electron chi connectivity index (χ4n) is 3.71. The lowest BCUT2D eigenvalue weighted by atomic mass is 10.2. The molecule has 1 fully saturated rings. The monoisotopic (exact) mass is 395 g/mol. The molecule has 0 spiro atoms. The van der Waals surface area contributed by atoms with E-state index in [4.69, 9.17) is 12.2 Å². The highest BCUT2D eigenvalue weighted by Gasteiger charge is 2.24. The molecule has 144 valence electrons. The molecule has 4 rings (SSSR count). The zero-order valence-electron chi connectivity index (χ0n) is 15.6. The summed E-state index contributed by atoms with van der Waals surface area (Å²) in [5, 5.41) is 0.543. The van der Waals surface area contributed by atoms with Crippen LogP contribution < -0.4 is 10.5 Å². The highest BCUT2D eigenvalue weighted by atomic mass is 32.1. The van der Waals surface area contributed by atoms with Gasteiger partial charge in [-0.15, -0.1) is 0 Å². The molecule has 0 atom stereocenters. The highest BCUT2D eigenvalue weighted by Crippen LogP contribution is 2.06. The second-order valence-corrected chi connectivity index (χ2v) is 7.55. The molecule has 0 radical (unpaired) electrons. The minimum Gasteiger partial charge on any atom is -0.332 e. The topological polar surface area (TPSA) is 62.5 Å². The van der Waals surface area contributed by atoms with Gasteiger partial charge in [0.05, 0.1) is 37.1 Å². The molecule has 0 bridgehead atoms. The van der Waals surface area contributed by atoms with Gasteiger partial charge in [0.2, 0.25) is 5.91 Å². The largest absolute Gasteiger partial charge is 0.332 e. The number of hydrogen-bond acceptors (Lipinski definition) is 3. The molecule has 0 aliphatic carbocycles. The molecule has 1 amide bonds. The first kappa shape index (κ1) is 18.6. The number of fused-ring (bicyclic) bond motifs is 1. The number of nitrogens with zero attached hydrogens (tertiary/aromatic N) is 2. The number of hydrogen-bond donors (Lipinski definition) is 2. The van der Waals surface area contributed by atoms with Crippen molar-refractivity contribution >= 4 is 29.0 Å². The fourth-order valence-corrected chi connectivity index (χ4v) is 3.97.